The first-order valence-electron chi connectivity index (χ1n) is 10.6. The second kappa shape index (κ2) is 5.94. The average molecular weight is 397 g/mol. The average Bonchev–Trinajstić information content (AvgIpc) is 2.91. The monoisotopic (exact) mass is 396 g/mol. The number of allylic oxidation sites excluding steroid dienone is 1. The summed E-state index contributed by atoms with van der Waals surface area (Å²) in [5.74, 6) is -0.881. The highest BCUT2D eigenvalue weighted by Crippen LogP contribution is 2.79. The van der Waals surface area contributed by atoms with Gasteiger partial charge in [0.15, 0.2) is 0 Å². The van der Waals surface area contributed by atoms with Crippen molar-refractivity contribution >= 4 is 16.9 Å². The van der Waals surface area contributed by atoms with Gasteiger partial charge in [0, 0.05) is 35.3 Å². The van der Waals surface area contributed by atoms with Crippen molar-refractivity contribution in [1.82, 2.24) is 9.88 Å². The number of carboxylic acids is 1. The molecule has 2 N–H and O–H groups in total. The van der Waals surface area contributed by atoms with E-state index in [0.29, 0.717) is 6.54 Å². The number of alkyl halides is 1. The van der Waals surface area contributed by atoms with E-state index in [9.17, 15) is 9.18 Å². The van der Waals surface area contributed by atoms with Gasteiger partial charge in [-0.25, -0.2) is 9.18 Å². The Bertz CT molecular complexity index is 996. The molecule has 2 bridgehead atoms. The van der Waals surface area contributed by atoms with Gasteiger partial charge in [-0.15, -0.1) is 0 Å². The van der Waals surface area contributed by atoms with Gasteiger partial charge in [0.2, 0.25) is 0 Å². The van der Waals surface area contributed by atoms with Gasteiger partial charge in [-0.05, 0) is 68.9 Å². The highest BCUT2D eigenvalue weighted by atomic mass is 19.1. The Morgan fingerprint density at radius 1 is 1.34 bits per heavy atom. The van der Waals surface area contributed by atoms with Crippen LogP contribution in [0.3, 0.4) is 0 Å². The molecule has 4 nitrogen and oxygen atoms in total. The number of rotatable bonds is 5. The highest BCUT2D eigenvalue weighted by molar-refractivity contribution is 5.85. The minimum Gasteiger partial charge on any atom is -0.478 e. The maximum Gasteiger partial charge on any atom is 0.327 e. The molecule has 3 saturated carbocycles. The standard InChI is InChI=1S/C24H29FN2O2/c1-15-10-17-16-6-4-5-7-18(16)26-20(17)21(27(15)14-22(2,3)25)24-11-23(12-24,13-24)9-8-19(28)29/h4-9,15,21,26H,10-14H2,1-3H3,(H,28,29)/b9-8+/t15-,21-,23?,24?/m1/s1. The number of H-pyrrole nitrogens is 1. The Kier molecular flexibility index (Phi) is 3.86. The maximum atomic E-state index is 14.8. The quantitative estimate of drug-likeness (QED) is 0.698. The van der Waals surface area contributed by atoms with Crippen LogP contribution in [0.5, 0.6) is 0 Å². The zero-order valence-electron chi connectivity index (χ0n) is 17.3. The van der Waals surface area contributed by atoms with E-state index in [-0.39, 0.29) is 22.9 Å². The molecule has 1 aromatic heterocycles. The molecule has 3 fully saturated rings. The third kappa shape index (κ3) is 2.85. The normalized spacial score (nSPS) is 34.1. The number of nitrogens with zero attached hydrogens (tertiary/aromatic N) is 1. The van der Waals surface area contributed by atoms with Crippen LogP contribution in [-0.2, 0) is 11.2 Å². The van der Waals surface area contributed by atoms with Gasteiger partial charge >= 0.3 is 5.97 Å². The molecule has 0 saturated heterocycles. The van der Waals surface area contributed by atoms with E-state index in [0.717, 1.165) is 31.2 Å². The van der Waals surface area contributed by atoms with Gasteiger partial charge in [-0.1, -0.05) is 24.3 Å². The summed E-state index contributed by atoms with van der Waals surface area (Å²) in [6.45, 7) is 5.95. The Balaban J connectivity index is 1.55. The first-order valence-corrected chi connectivity index (χ1v) is 10.6. The molecule has 4 aliphatic rings. The number of carbonyl (C=O) groups is 1. The number of carboxylic acid groups (broad SMARTS) is 1. The van der Waals surface area contributed by atoms with E-state index in [1.54, 1.807) is 13.8 Å². The summed E-state index contributed by atoms with van der Waals surface area (Å²) in [7, 11) is 0. The van der Waals surface area contributed by atoms with Crippen molar-refractivity contribution < 1.29 is 14.3 Å². The lowest BCUT2D eigenvalue weighted by Crippen LogP contribution is -2.68. The number of hydrogen-bond donors (Lipinski definition) is 2. The van der Waals surface area contributed by atoms with Crippen LogP contribution in [-0.4, -0.2) is 39.2 Å². The van der Waals surface area contributed by atoms with Crippen LogP contribution in [0.25, 0.3) is 10.9 Å². The lowest BCUT2D eigenvalue weighted by Gasteiger charge is -2.74. The minimum atomic E-state index is -1.26. The molecule has 154 valence electrons. The number of nitrogens with one attached hydrogen (secondary N) is 1. The van der Waals surface area contributed by atoms with Gasteiger partial charge < -0.3 is 10.1 Å². The number of halogens is 1. The van der Waals surface area contributed by atoms with Gasteiger partial charge in [-0.2, -0.15) is 0 Å². The first-order chi connectivity index (χ1) is 13.6. The van der Waals surface area contributed by atoms with Gasteiger partial charge in [0.05, 0.1) is 6.04 Å². The molecular weight excluding hydrogens is 367 g/mol. The van der Waals surface area contributed by atoms with Gasteiger partial charge in [-0.3, -0.25) is 4.90 Å². The van der Waals surface area contributed by atoms with E-state index in [1.807, 2.05) is 6.08 Å². The predicted octanol–water partition coefficient (Wildman–Crippen LogP) is 5.01. The number of aromatic nitrogens is 1. The third-order valence-electron chi connectivity index (χ3n) is 7.35. The van der Waals surface area contributed by atoms with Crippen LogP contribution < -0.4 is 0 Å². The van der Waals surface area contributed by atoms with Crippen molar-refractivity contribution in [1.29, 1.82) is 0 Å². The van der Waals surface area contributed by atoms with Crippen molar-refractivity contribution in [2.24, 2.45) is 10.8 Å². The molecule has 5 heteroatoms. The fourth-order valence-electron chi connectivity index (χ4n) is 6.51. The van der Waals surface area contributed by atoms with Crippen molar-refractivity contribution in [2.45, 2.75) is 64.2 Å². The summed E-state index contributed by atoms with van der Waals surface area (Å²) in [6.07, 6.45) is 7.06. The van der Waals surface area contributed by atoms with E-state index >= 15 is 0 Å². The van der Waals surface area contributed by atoms with Gasteiger partial charge in [0.25, 0.3) is 0 Å². The zero-order valence-corrected chi connectivity index (χ0v) is 17.3. The molecule has 2 atom stereocenters. The van der Waals surface area contributed by atoms with Crippen molar-refractivity contribution in [3.63, 3.8) is 0 Å². The maximum absolute atomic E-state index is 14.8. The fourth-order valence-corrected chi connectivity index (χ4v) is 6.51. The smallest absolute Gasteiger partial charge is 0.327 e. The van der Waals surface area contributed by atoms with Gasteiger partial charge in [0.1, 0.15) is 5.67 Å². The molecule has 0 unspecified atom stereocenters. The second-order valence-electron chi connectivity index (χ2n) is 10.3. The number of hydrogen-bond acceptors (Lipinski definition) is 2. The van der Waals surface area contributed by atoms with Crippen molar-refractivity contribution in [3.8, 4) is 0 Å². The van der Waals surface area contributed by atoms with Crippen LogP contribution in [0.4, 0.5) is 4.39 Å². The number of aliphatic carboxylic acids is 1. The third-order valence-corrected chi connectivity index (χ3v) is 7.35. The highest BCUT2D eigenvalue weighted by Gasteiger charge is 2.71. The lowest BCUT2D eigenvalue weighted by molar-refractivity contribution is -0.224. The summed E-state index contributed by atoms with van der Waals surface area (Å²) in [4.78, 5) is 17.0. The van der Waals surface area contributed by atoms with Crippen LogP contribution >= 0.6 is 0 Å². The summed E-state index contributed by atoms with van der Waals surface area (Å²) in [5, 5.41) is 10.3. The molecule has 0 spiro atoms. The van der Waals surface area contributed by atoms with Crippen molar-refractivity contribution in [2.75, 3.05) is 6.54 Å². The Morgan fingerprint density at radius 2 is 2.03 bits per heavy atom. The van der Waals surface area contributed by atoms with Crippen LogP contribution in [0.2, 0.25) is 0 Å². The number of para-hydroxylation sites is 1. The van der Waals surface area contributed by atoms with Crippen LogP contribution in [0.15, 0.2) is 36.4 Å². The predicted molar refractivity (Wildman–Crippen MR) is 112 cm³/mol. The Morgan fingerprint density at radius 3 is 2.69 bits per heavy atom. The number of fused-ring (bicyclic) bond motifs is 3. The number of aromatic amines is 1. The Labute approximate surface area is 170 Å². The van der Waals surface area contributed by atoms with Crippen molar-refractivity contribution in [3.05, 3.63) is 47.7 Å². The molecule has 3 aliphatic carbocycles. The summed E-state index contributed by atoms with van der Waals surface area (Å²) < 4.78 is 14.8. The number of benzene rings is 1. The van der Waals surface area contributed by atoms with E-state index in [1.165, 1.54) is 22.7 Å². The topological polar surface area (TPSA) is 56.3 Å². The fraction of sp³-hybridized carbons (Fsp3) is 0.542. The molecule has 2 aromatic rings. The SMILES string of the molecule is C[C@@H]1Cc2c([nH]c3ccccc23)[C@H](C23CC(/C=C/C(=O)O)(C2)C3)N1CC(C)(C)F. The van der Waals surface area contributed by atoms with Crippen LogP contribution in [0, 0.1) is 10.8 Å². The molecule has 1 aliphatic heterocycles. The molecule has 29 heavy (non-hydrogen) atoms. The second-order valence-corrected chi connectivity index (χ2v) is 10.3. The molecule has 0 amide bonds. The molecule has 6 rings (SSSR count). The summed E-state index contributed by atoms with van der Waals surface area (Å²) >= 11 is 0. The minimum absolute atomic E-state index is 0.0299. The Hall–Kier alpha value is -2.14. The molecule has 2 heterocycles. The summed E-state index contributed by atoms with van der Waals surface area (Å²) in [5.41, 5.74) is 2.67. The summed E-state index contributed by atoms with van der Waals surface area (Å²) in [6, 6.07) is 8.86. The van der Waals surface area contributed by atoms with E-state index < -0.39 is 11.6 Å². The largest absolute Gasteiger partial charge is 0.478 e. The zero-order chi connectivity index (χ0) is 20.6. The molecule has 1 aromatic carbocycles. The lowest BCUT2D eigenvalue weighted by atomic mass is 9.32. The van der Waals surface area contributed by atoms with E-state index in [2.05, 4.69) is 41.1 Å². The van der Waals surface area contributed by atoms with Crippen LogP contribution in [0.1, 0.15) is 57.3 Å². The molecular formula is C24H29FN2O2. The first kappa shape index (κ1) is 18.9. The molecule has 0 radical (unpaired) electrons. The van der Waals surface area contributed by atoms with E-state index in [4.69, 9.17) is 5.11 Å².